The van der Waals surface area contributed by atoms with Gasteiger partial charge in [-0.15, -0.1) is 0 Å². The number of rotatable bonds is 5. The Morgan fingerprint density at radius 1 is 0.893 bits per heavy atom. The van der Waals surface area contributed by atoms with Gasteiger partial charge in [0.05, 0.1) is 5.71 Å². The van der Waals surface area contributed by atoms with Crippen LogP contribution in [0.15, 0.2) is 78.0 Å². The molecule has 0 aliphatic rings. The summed E-state index contributed by atoms with van der Waals surface area (Å²) in [6.07, 6.45) is 1.54. The van der Waals surface area contributed by atoms with E-state index < -0.39 is 0 Å². The first-order valence-corrected chi connectivity index (χ1v) is 8.84. The van der Waals surface area contributed by atoms with Crippen molar-refractivity contribution in [2.24, 2.45) is 5.10 Å². The predicted molar refractivity (Wildman–Crippen MR) is 110 cm³/mol. The van der Waals surface area contributed by atoms with Crippen molar-refractivity contribution in [3.05, 3.63) is 94.8 Å². The average molecular weight is 393 g/mol. The van der Waals surface area contributed by atoms with E-state index in [9.17, 15) is 9.59 Å². The smallest absolute Gasteiger partial charge is 0.289 e. The van der Waals surface area contributed by atoms with Gasteiger partial charge in [0.15, 0.2) is 0 Å². The Kier molecular flexibility index (Phi) is 6.14. The lowest BCUT2D eigenvalue weighted by Crippen LogP contribution is -2.20. The van der Waals surface area contributed by atoms with E-state index in [-0.39, 0.29) is 11.8 Å². The summed E-state index contributed by atoms with van der Waals surface area (Å²) in [7, 11) is 0. The molecule has 3 aromatic rings. The van der Waals surface area contributed by atoms with Crippen LogP contribution >= 0.6 is 11.6 Å². The highest BCUT2D eigenvalue weighted by Crippen LogP contribution is 2.14. The molecule has 1 aromatic heterocycles. The van der Waals surface area contributed by atoms with Crippen LogP contribution in [0.5, 0.6) is 0 Å². The second kappa shape index (κ2) is 8.92. The van der Waals surface area contributed by atoms with Crippen LogP contribution in [-0.4, -0.2) is 22.5 Å². The van der Waals surface area contributed by atoms with Gasteiger partial charge in [-0.3, -0.25) is 14.6 Å². The zero-order valence-electron chi connectivity index (χ0n) is 15.0. The summed E-state index contributed by atoms with van der Waals surface area (Å²) in [5.41, 5.74) is 5.37. The standard InChI is InChI=1S/C21H17ClN4O2/c1-14(25-26-21(28)19-4-2-3-13-23-19)15-7-11-18(12-8-15)24-20(27)16-5-9-17(22)10-6-16/h2-13H,1H3,(H,24,27)(H,26,28). The number of nitrogens with zero attached hydrogens (tertiary/aromatic N) is 2. The molecule has 0 bridgehead atoms. The highest BCUT2D eigenvalue weighted by Gasteiger charge is 2.07. The van der Waals surface area contributed by atoms with E-state index in [4.69, 9.17) is 11.6 Å². The van der Waals surface area contributed by atoms with E-state index in [0.717, 1.165) is 5.56 Å². The van der Waals surface area contributed by atoms with E-state index in [1.807, 2.05) is 12.1 Å². The third-order valence-electron chi connectivity index (χ3n) is 3.89. The number of halogens is 1. The largest absolute Gasteiger partial charge is 0.322 e. The summed E-state index contributed by atoms with van der Waals surface area (Å²) in [4.78, 5) is 28.2. The first-order valence-electron chi connectivity index (χ1n) is 8.46. The Hall–Kier alpha value is -3.51. The molecule has 2 amide bonds. The van der Waals surface area contributed by atoms with Gasteiger partial charge in [-0.1, -0.05) is 29.8 Å². The van der Waals surface area contributed by atoms with E-state index >= 15 is 0 Å². The number of pyridine rings is 1. The lowest BCUT2D eigenvalue weighted by Gasteiger charge is -2.07. The Balaban J connectivity index is 1.62. The number of anilines is 1. The first-order chi connectivity index (χ1) is 13.5. The predicted octanol–water partition coefficient (Wildman–Crippen LogP) is 4.14. The van der Waals surface area contributed by atoms with Crippen LogP contribution in [0.3, 0.4) is 0 Å². The maximum absolute atomic E-state index is 12.2. The van der Waals surface area contributed by atoms with Crippen LogP contribution < -0.4 is 10.7 Å². The van der Waals surface area contributed by atoms with Gasteiger partial charge in [-0.2, -0.15) is 5.10 Å². The first kappa shape index (κ1) is 19.3. The molecule has 0 aliphatic carbocycles. The summed E-state index contributed by atoms with van der Waals surface area (Å²) in [6.45, 7) is 1.78. The fraction of sp³-hybridized carbons (Fsp3) is 0.0476. The third kappa shape index (κ3) is 5.02. The number of amides is 2. The molecule has 6 nitrogen and oxygen atoms in total. The number of benzene rings is 2. The molecule has 0 spiro atoms. The molecule has 1 heterocycles. The van der Waals surface area contributed by atoms with E-state index in [1.165, 1.54) is 0 Å². The molecule has 2 aromatic carbocycles. The van der Waals surface area contributed by atoms with Gasteiger partial charge in [0, 0.05) is 22.5 Å². The maximum Gasteiger partial charge on any atom is 0.289 e. The Morgan fingerprint density at radius 2 is 1.57 bits per heavy atom. The molecule has 0 unspecified atom stereocenters. The van der Waals surface area contributed by atoms with Crippen LogP contribution in [0.4, 0.5) is 5.69 Å². The summed E-state index contributed by atoms with van der Waals surface area (Å²) >= 11 is 5.83. The van der Waals surface area contributed by atoms with Gasteiger partial charge < -0.3 is 5.32 Å². The van der Waals surface area contributed by atoms with Gasteiger partial charge >= 0.3 is 0 Å². The Bertz CT molecular complexity index is 1000. The van der Waals surface area contributed by atoms with Crippen LogP contribution in [0.25, 0.3) is 0 Å². The summed E-state index contributed by atoms with van der Waals surface area (Å²) in [5.74, 6) is -0.607. The molecule has 0 radical (unpaired) electrons. The van der Waals surface area contributed by atoms with Gasteiger partial charge in [-0.25, -0.2) is 5.43 Å². The lowest BCUT2D eigenvalue weighted by molar-refractivity contribution is 0.0949. The zero-order chi connectivity index (χ0) is 19.9. The molecular formula is C21H17ClN4O2. The average Bonchev–Trinajstić information content (AvgIpc) is 2.73. The molecule has 2 N–H and O–H groups in total. The number of nitrogens with one attached hydrogen (secondary N) is 2. The number of carbonyl (C=O) groups is 2. The van der Waals surface area contributed by atoms with Gasteiger partial charge in [0.25, 0.3) is 11.8 Å². The van der Waals surface area contributed by atoms with Crippen LogP contribution in [0.2, 0.25) is 5.02 Å². The Morgan fingerprint density at radius 3 is 2.21 bits per heavy atom. The van der Waals surface area contributed by atoms with E-state index in [0.29, 0.717) is 27.7 Å². The topological polar surface area (TPSA) is 83.4 Å². The van der Waals surface area contributed by atoms with Gasteiger partial charge in [0.1, 0.15) is 5.69 Å². The number of carbonyl (C=O) groups excluding carboxylic acids is 2. The summed E-state index contributed by atoms with van der Waals surface area (Å²) < 4.78 is 0. The number of aromatic nitrogens is 1. The van der Waals surface area contributed by atoms with Crippen molar-refractivity contribution >= 4 is 34.8 Å². The molecule has 28 heavy (non-hydrogen) atoms. The quantitative estimate of drug-likeness (QED) is 0.505. The van der Waals surface area contributed by atoms with Crippen LogP contribution in [0.1, 0.15) is 33.3 Å². The molecule has 0 saturated heterocycles. The van der Waals surface area contributed by atoms with Gasteiger partial charge in [0.2, 0.25) is 0 Å². The maximum atomic E-state index is 12.2. The fourth-order valence-corrected chi connectivity index (χ4v) is 2.48. The number of hydrogen-bond donors (Lipinski definition) is 2. The Labute approximate surface area is 167 Å². The summed E-state index contributed by atoms with van der Waals surface area (Å²) in [5, 5.41) is 7.48. The minimum absolute atomic E-state index is 0.225. The van der Waals surface area contributed by atoms with Crippen molar-refractivity contribution in [1.29, 1.82) is 0 Å². The van der Waals surface area contributed by atoms with Crippen LogP contribution in [-0.2, 0) is 0 Å². The number of hydrogen-bond acceptors (Lipinski definition) is 4. The van der Waals surface area contributed by atoms with Crippen molar-refractivity contribution in [3.63, 3.8) is 0 Å². The fourth-order valence-electron chi connectivity index (χ4n) is 2.35. The molecule has 0 fully saturated rings. The molecule has 140 valence electrons. The highest BCUT2D eigenvalue weighted by atomic mass is 35.5. The van der Waals surface area contributed by atoms with E-state index in [2.05, 4.69) is 20.8 Å². The minimum Gasteiger partial charge on any atom is -0.322 e. The molecule has 7 heteroatoms. The van der Waals surface area contributed by atoms with Crippen molar-refractivity contribution in [2.75, 3.05) is 5.32 Å². The molecular weight excluding hydrogens is 376 g/mol. The van der Waals surface area contributed by atoms with Crippen molar-refractivity contribution in [2.45, 2.75) is 6.92 Å². The third-order valence-corrected chi connectivity index (χ3v) is 4.14. The zero-order valence-corrected chi connectivity index (χ0v) is 15.8. The van der Waals surface area contributed by atoms with Gasteiger partial charge in [-0.05, 0) is 61.0 Å². The van der Waals surface area contributed by atoms with Crippen LogP contribution in [0, 0.1) is 0 Å². The molecule has 0 saturated carbocycles. The SMILES string of the molecule is CC(=NNC(=O)c1ccccn1)c1ccc(NC(=O)c2ccc(Cl)cc2)cc1. The van der Waals surface area contributed by atoms with Crippen molar-refractivity contribution in [3.8, 4) is 0 Å². The molecule has 3 rings (SSSR count). The highest BCUT2D eigenvalue weighted by molar-refractivity contribution is 6.30. The molecule has 0 atom stereocenters. The van der Waals surface area contributed by atoms with E-state index in [1.54, 1.807) is 67.7 Å². The second-order valence-corrected chi connectivity index (χ2v) is 6.33. The lowest BCUT2D eigenvalue weighted by atomic mass is 10.1. The van der Waals surface area contributed by atoms with Crippen molar-refractivity contribution < 1.29 is 9.59 Å². The second-order valence-electron chi connectivity index (χ2n) is 5.89. The molecule has 0 aliphatic heterocycles. The monoisotopic (exact) mass is 392 g/mol. The normalized spacial score (nSPS) is 11.0. The van der Waals surface area contributed by atoms with Crippen molar-refractivity contribution in [1.82, 2.24) is 10.4 Å². The minimum atomic E-state index is -0.383. The summed E-state index contributed by atoms with van der Waals surface area (Å²) in [6, 6.07) is 18.9. The number of hydrazone groups is 1.